The molecule has 2 rings (SSSR count). The zero-order chi connectivity index (χ0) is 16.1. The van der Waals surface area contributed by atoms with Gasteiger partial charge in [-0.05, 0) is 23.8 Å². The van der Waals surface area contributed by atoms with Gasteiger partial charge >= 0.3 is 0 Å². The molecular weight excluding hydrogens is 305 g/mol. The van der Waals surface area contributed by atoms with Crippen molar-refractivity contribution in [3.8, 4) is 17.6 Å². The van der Waals surface area contributed by atoms with Gasteiger partial charge in [-0.25, -0.2) is 4.39 Å². The quantitative estimate of drug-likeness (QED) is 0.613. The Morgan fingerprint density at radius 2 is 1.82 bits per heavy atom. The van der Waals surface area contributed by atoms with Crippen molar-refractivity contribution in [3.63, 3.8) is 0 Å². The molecule has 0 unspecified atom stereocenters. The van der Waals surface area contributed by atoms with Crippen LogP contribution in [0.3, 0.4) is 0 Å². The lowest BCUT2D eigenvalue weighted by molar-refractivity contribution is 0.355. The molecule has 0 atom stereocenters. The Morgan fingerprint density at radius 3 is 2.41 bits per heavy atom. The molecular formula is C17H13ClFNO2. The Labute approximate surface area is 133 Å². The highest BCUT2D eigenvalue weighted by Gasteiger charge is 2.11. The number of halogens is 2. The fraction of sp³-hybridized carbons (Fsp3) is 0.118. The number of hydrogen-bond acceptors (Lipinski definition) is 3. The van der Waals surface area contributed by atoms with Crippen molar-refractivity contribution in [1.29, 1.82) is 5.26 Å². The van der Waals surface area contributed by atoms with Crippen molar-refractivity contribution < 1.29 is 13.9 Å². The first kappa shape index (κ1) is 15.9. The number of benzene rings is 2. The van der Waals surface area contributed by atoms with E-state index in [2.05, 4.69) is 0 Å². The minimum atomic E-state index is -0.466. The standard InChI is InChI=1S/C17H13ClFNO2/c1-21-16-8-11(14(18)9-17(16)22-2)7-12(10-20)13-5-3-4-6-15(13)19/h3-9H,1-2H3. The highest BCUT2D eigenvalue weighted by atomic mass is 35.5. The average molecular weight is 318 g/mol. The first-order valence-electron chi connectivity index (χ1n) is 6.39. The zero-order valence-electron chi connectivity index (χ0n) is 12.1. The summed E-state index contributed by atoms with van der Waals surface area (Å²) in [5, 5.41) is 9.68. The molecule has 0 amide bonds. The third-order valence-electron chi connectivity index (χ3n) is 3.09. The van der Waals surface area contributed by atoms with Gasteiger partial charge in [0, 0.05) is 11.6 Å². The largest absolute Gasteiger partial charge is 0.493 e. The highest BCUT2D eigenvalue weighted by molar-refractivity contribution is 6.32. The maximum atomic E-state index is 13.8. The molecule has 0 radical (unpaired) electrons. The van der Waals surface area contributed by atoms with Crippen molar-refractivity contribution in [3.05, 3.63) is 58.4 Å². The van der Waals surface area contributed by atoms with Crippen LogP contribution in [-0.2, 0) is 0 Å². The van der Waals surface area contributed by atoms with Crippen molar-refractivity contribution in [1.82, 2.24) is 0 Å². The lowest BCUT2D eigenvalue weighted by Gasteiger charge is -2.10. The number of ether oxygens (including phenoxy) is 2. The topological polar surface area (TPSA) is 42.2 Å². The molecule has 0 aliphatic carbocycles. The molecule has 5 heteroatoms. The predicted molar refractivity (Wildman–Crippen MR) is 84.4 cm³/mol. The van der Waals surface area contributed by atoms with Crippen LogP contribution in [-0.4, -0.2) is 14.2 Å². The number of hydrogen-bond donors (Lipinski definition) is 0. The van der Waals surface area contributed by atoms with Crippen molar-refractivity contribution >= 4 is 23.3 Å². The van der Waals surface area contributed by atoms with Gasteiger partial charge in [0.05, 0.1) is 30.9 Å². The monoisotopic (exact) mass is 317 g/mol. The number of methoxy groups -OCH3 is 2. The fourth-order valence-corrected chi connectivity index (χ4v) is 2.19. The van der Waals surface area contributed by atoms with Crippen LogP contribution >= 0.6 is 11.6 Å². The summed E-state index contributed by atoms with van der Waals surface area (Å²) >= 11 is 6.18. The number of nitriles is 1. The van der Waals surface area contributed by atoms with Gasteiger partial charge in [0.25, 0.3) is 0 Å². The lowest BCUT2D eigenvalue weighted by atomic mass is 10.0. The summed E-state index contributed by atoms with van der Waals surface area (Å²) in [6.07, 6.45) is 1.52. The molecule has 0 fully saturated rings. The van der Waals surface area contributed by atoms with Crippen LogP contribution in [0.2, 0.25) is 5.02 Å². The lowest BCUT2D eigenvalue weighted by Crippen LogP contribution is -1.92. The summed E-state index contributed by atoms with van der Waals surface area (Å²) in [6.45, 7) is 0. The van der Waals surface area contributed by atoms with Crippen LogP contribution in [0.4, 0.5) is 4.39 Å². The Morgan fingerprint density at radius 1 is 1.18 bits per heavy atom. The van der Waals surface area contributed by atoms with Gasteiger partial charge in [0.2, 0.25) is 0 Å². The second-order valence-electron chi connectivity index (χ2n) is 4.38. The van der Waals surface area contributed by atoms with Crippen molar-refractivity contribution in [2.45, 2.75) is 0 Å². The van der Waals surface area contributed by atoms with Gasteiger partial charge in [0.1, 0.15) is 5.82 Å². The Kier molecular flexibility index (Phi) is 5.03. The molecule has 3 nitrogen and oxygen atoms in total. The van der Waals surface area contributed by atoms with Crippen LogP contribution in [0.1, 0.15) is 11.1 Å². The van der Waals surface area contributed by atoms with E-state index in [9.17, 15) is 9.65 Å². The molecule has 2 aromatic rings. The third kappa shape index (κ3) is 3.21. The molecule has 2 aromatic carbocycles. The summed E-state index contributed by atoms with van der Waals surface area (Å²) in [6, 6.07) is 11.3. The second-order valence-corrected chi connectivity index (χ2v) is 4.79. The van der Waals surface area contributed by atoms with Gasteiger partial charge in [-0.15, -0.1) is 0 Å². The van der Waals surface area contributed by atoms with Gasteiger partial charge in [-0.2, -0.15) is 5.26 Å². The minimum Gasteiger partial charge on any atom is -0.493 e. The molecule has 0 aliphatic heterocycles. The van der Waals surface area contributed by atoms with E-state index in [0.717, 1.165) is 0 Å². The first-order chi connectivity index (χ1) is 10.6. The molecule has 0 N–H and O–H groups in total. The summed E-state index contributed by atoms with van der Waals surface area (Å²) in [5.74, 6) is 0.491. The summed E-state index contributed by atoms with van der Waals surface area (Å²) in [5.41, 5.74) is 0.933. The first-order valence-corrected chi connectivity index (χ1v) is 6.76. The molecule has 0 heterocycles. The fourth-order valence-electron chi connectivity index (χ4n) is 1.99. The molecule has 112 valence electrons. The minimum absolute atomic E-state index is 0.173. The SMILES string of the molecule is COc1cc(Cl)c(C=C(C#N)c2ccccc2F)cc1OC. The number of allylic oxidation sites excluding steroid dienone is 1. The molecule has 0 bridgehead atoms. The van der Waals surface area contributed by atoms with E-state index in [1.165, 1.54) is 26.4 Å². The number of rotatable bonds is 4. The summed E-state index contributed by atoms with van der Waals surface area (Å²) in [7, 11) is 3.01. The normalized spacial score (nSPS) is 11.0. The van der Waals surface area contributed by atoms with Crippen molar-refractivity contribution in [2.24, 2.45) is 0 Å². The van der Waals surface area contributed by atoms with E-state index >= 15 is 0 Å². The van der Waals surface area contributed by atoms with Crippen LogP contribution in [0.25, 0.3) is 11.6 Å². The smallest absolute Gasteiger partial charge is 0.162 e. The summed E-state index contributed by atoms with van der Waals surface area (Å²) < 4.78 is 24.2. The van der Waals surface area contributed by atoms with E-state index in [1.54, 1.807) is 30.3 Å². The van der Waals surface area contributed by atoms with E-state index in [4.69, 9.17) is 21.1 Å². The van der Waals surface area contributed by atoms with Gasteiger partial charge < -0.3 is 9.47 Å². The Balaban J connectivity index is 2.56. The van der Waals surface area contributed by atoms with Crippen LogP contribution in [0, 0.1) is 17.1 Å². The van der Waals surface area contributed by atoms with Crippen LogP contribution in [0.15, 0.2) is 36.4 Å². The molecule has 0 aliphatic rings. The average Bonchev–Trinajstić information content (AvgIpc) is 2.54. The molecule has 0 aromatic heterocycles. The molecule has 22 heavy (non-hydrogen) atoms. The number of nitrogens with zero attached hydrogens (tertiary/aromatic N) is 1. The van der Waals surface area contributed by atoms with E-state index in [1.807, 2.05) is 6.07 Å². The molecule has 0 saturated carbocycles. The van der Waals surface area contributed by atoms with Gasteiger partial charge in [-0.1, -0.05) is 29.8 Å². The predicted octanol–water partition coefficient (Wildman–Crippen LogP) is 4.56. The van der Waals surface area contributed by atoms with E-state index in [-0.39, 0.29) is 11.1 Å². The van der Waals surface area contributed by atoms with Gasteiger partial charge in [-0.3, -0.25) is 0 Å². The second kappa shape index (κ2) is 6.97. The summed E-state index contributed by atoms with van der Waals surface area (Å²) in [4.78, 5) is 0. The molecule has 0 saturated heterocycles. The van der Waals surface area contributed by atoms with E-state index < -0.39 is 5.82 Å². The maximum Gasteiger partial charge on any atom is 0.162 e. The molecule has 0 spiro atoms. The van der Waals surface area contributed by atoms with Crippen LogP contribution < -0.4 is 9.47 Å². The highest BCUT2D eigenvalue weighted by Crippen LogP contribution is 2.35. The van der Waals surface area contributed by atoms with Crippen LogP contribution in [0.5, 0.6) is 11.5 Å². The Hall–Kier alpha value is -2.51. The third-order valence-corrected chi connectivity index (χ3v) is 3.41. The van der Waals surface area contributed by atoms with Gasteiger partial charge in [0.15, 0.2) is 11.5 Å². The maximum absolute atomic E-state index is 13.8. The Bertz CT molecular complexity index is 766. The van der Waals surface area contributed by atoms with Crippen molar-refractivity contribution in [2.75, 3.05) is 14.2 Å². The zero-order valence-corrected chi connectivity index (χ0v) is 12.8. The van der Waals surface area contributed by atoms with E-state index in [0.29, 0.717) is 22.1 Å².